The maximum Gasteiger partial charge on any atom is 0.124 e. The molecule has 0 radical (unpaired) electrons. The Labute approximate surface area is 118 Å². The first kappa shape index (κ1) is 14.7. The predicted octanol–water partition coefficient (Wildman–Crippen LogP) is 1.98. The summed E-state index contributed by atoms with van der Waals surface area (Å²) in [7, 11) is 2.09. The summed E-state index contributed by atoms with van der Waals surface area (Å²) < 4.78 is 13.0. The molecule has 1 aromatic carbocycles. The first-order chi connectivity index (χ1) is 9.10. The van der Waals surface area contributed by atoms with E-state index in [1.54, 1.807) is 6.07 Å². The van der Waals surface area contributed by atoms with E-state index in [0.29, 0.717) is 11.1 Å². The van der Waals surface area contributed by atoms with E-state index in [1.165, 1.54) is 12.1 Å². The molecule has 1 aliphatic heterocycles. The molecule has 0 aliphatic carbocycles. The zero-order valence-corrected chi connectivity index (χ0v) is 11.9. The fraction of sp³-hybridized carbons (Fsp3) is 0.571. The second-order valence-corrected chi connectivity index (χ2v) is 5.52. The molecule has 0 spiro atoms. The number of aliphatic hydroxyl groups excluding tert-OH is 1. The number of hydrogen-bond donors (Lipinski definition) is 1. The molecule has 19 heavy (non-hydrogen) atoms. The largest absolute Gasteiger partial charge is 0.396 e. The molecule has 5 heteroatoms. The van der Waals surface area contributed by atoms with Crippen molar-refractivity contribution in [3.63, 3.8) is 0 Å². The Morgan fingerprint density at radius 1 is 1.42 bits per heavy atom. The number of hydrogen-bond acceptors (Lipinski definition) is 3. The average molecular weight is 287 g/mol. The molecule has 1 N–H and O–H groups in total. The Morgan fingerprint density at radius 3 is 2.89 bits per heavy atom. The van der Waals surface area contributed by atoms with Crippen molar-refractivity contribution >= 4 is 11.6 Å². The van der Waals surface area contributed by atoms with Crippen LogP contribution in [0.15, 0.2) is 18.2 Å². The van der Waals surface area contributed by atoms with Gasteiger partial charge in [0.2, 0.25) is 0 Å². The van der Waals surface area contributed by atoms with Gasteiger partial charge < -0.3 is 10.0 Å². The maximum atomic E-state index is 13.0. The highest BCUT2D eigenvalue weighted by molar-refractivity contribution is 6.31. The highest BCUT2D eigenvalue weighted by Gasteiger charge is 2.24. The van der Waals surface area contributed by atoms with E-state index in [2.05, 4.69) is 16.8 Å². The zero-order chi connectivity index (χ0) is 13.8. The second-order valence-electron chi connectivity index (χ2n) is 5.12. The lowest BCUT2D eigenvalue weighted by atomic mass is 10.1. The Bertz CT molecular complexity index is 430. The van der Waals surface area contributed by atoms with Crippen LogP contribution in [0.4, 0.5) is 4.39 Å². The molecule has 0 bridgehead atoms. The number of rotatable bonds is 4. The summed E-state index contributed by atoms with van der Waals surface area (Å²) in [6.45, 7) is 3.79. The van der Waals surface area contributed by atoms with Crippen LogP contribution in [0.25, 0.3) is 0 Å². The third kappa shape index (κ3) is 3.89. The molecule has 1 aromatic rings. The summed E-state index contributed by atoms with van der Waals surface area (Å²) in [5.74, 6) is -0.301. The van der Waals surface area contributed by atoms with Crippen LogP contribution in [0.5, 0.6) is 0 Å². The van der Waals surface area contributed by atoms with Gasteiger partial charge in [-0.3, -0.25) is 4.90 Å². The van der Waals surface area contributed by atoms with Crippen LogP contribution in [-0.4, -0.2) is 54.2 Å². The van der Waals surface area contributed by atoms with Crippen molar-refractivity contribution in [2.75, 3.05) is 33.3 Å². The van der Waals surface area contributed by atoms with Crippen LogP contribution >= 0.6 is 11.6 Å². The molecule has 0 amide bonds. The summed E-state index contributed by atoms with van der Waals surface area (Å²) in [5, 5.41) is 9.56. The lowest BCUT2D eigenvalue weighted by Gasteiger charge is -2.39. The number of aliphatic hydroxyl groups is 1. The third-order valence-corrected chi connectivity index (χ3v) is 4.08. The topological polar surface area (TPSA) is 26.7 Å². The van der Waals surface area contributed by atoms with Crippen LogP contribution in [-0.2, 0) is 6.54 Å². The summed E-state index contributed by atoms with van der Waals surface area (Å²) in [4.78, 5) is 4.58. The minimum Gasteiger partial charge on any atom is -0.396 e. The zero-order valence-electron chi connectivity index (χ0n) is 11.1. The Hall–Kier alpha value is -0.680. The molecule has 0 unspecified atom stereocenters. The van der Waals surface area contributed by atoms with E-state index >= 15 is 0 Å². The van der Waals surface area contributed by atoms with Crippen molar-refractivity contribution in [2.24, 2.45) is 0 Å². The van der Waals surface area contributed by atoms with Crippen LogP contribution in [0.3, 0.4) is 0 Å². The van der Waals surface area contributed by atoms with Crippen LogP contribution < -0.4 is 0 Å². The van der Waals surface area contributed by atoms with E-state index in [-0.39, 0.29) is 12.4 Å². The number of benzene rings is 1. The van der Waals surface area contributed by atoms with E-state index in [0.717, 1.165) is 38.2 Å². The van der Waals surface area contributed by atoms with E-state index in [1.807, 2.05) is 0 Å². The van der Waals surface area contributed by atoms with Gasteiger partial charge in [0, 0.05) is 43.9 Å². The molecule has 1 saturated heterocycles. The highest BCUT2D eigenvalue weighted by Crippen LogP contribution is 2.21. The molecular weight excluding hydrogens is 267 g/mol. The molecule has 1 fully saturated rings. The number of likely N-dealkylation sites (N-methyl/N-ethyl adjacent to an activating group) is 1. The van der Waals surface area contributed by atoms with E-state index in [4.69, 9.17) is 16.7 Å². The monoisotopic (exact) mass is 286 g/mol. The third-order valence-electron chi connectivity index (χ3n) is 3.73. The van der Waals surface area contributed by atoms with Crippen molar-refractivity contribution in [1.82, 2.24) is 9.80 Å². The summed E-state index contributed by atoms with van der Waals surface area (Å²) in [6.07, 6.45) is 0.782. The SMILES string of the molecule is CN1CCN(Cc2ccc(F)cc2Cl)C[C@H]1CCO. The lowest BCUT2D eigenvalue weighted by molar-refractivity contribution is 0.0743. The second kappa shape index (κ2) is 6.66. The standard InChI is InChI=1S/C14H20ClFN2O/c1-17-5-6-18(10-13(17)4-7-19)9-11-2-3-12(16)8-14(11)15/h2-3,8,13,19H,4-7,9-10H2,1H3/t13-/m1/s1. The number of halogens is 2. The fourth-order valence-corrected chi connectivity index (χ4v) is 2.73. The Balaban J connectivity index is 1.99. The van der Waals surface area contributed by atoms with Crippen molar-refractivity contribution in [1.29, 1.82) is 0 Å². The quantitative estimate of drug-likeness (QED) is 0.917. The molecule has 1 atom stereocenters. The smallest absolute Gasteiger partial charge is 0.124 e. The van der Waals surface area contributed by atoms with Crippen LogP contribution in [0.1, 0.15) is 12.0 Å². The lowest BCUT2D eigenvalue weighted by Crippen LogP contribution is -2.51. The Morgan fingerprint density at radius 2 is 2.21 bits per heavy atom. The van der Waals surface area contributed by atoms with Gasteiger partial charge in [-0.15, -0.1) is 0 Å². The van der Waals surface area contributed by atoms with Crippen molar-refractivity contribution in [3.8, 4) is 0 Å². The number of piperazine rings is 1. The van der Waals surface area contributed by atoms with Gasteiger partial charge in [-0.2, -0.15) is 0 Å². The fourth-order valence-electron chi connectivity index (χ4n) is 2.51. The van der Waals surface area contributed by atoms with Crippen LogP contribution in [0, 0.1) is 5.82 Å². The summed E-state index contributed by atoms with van der Waals surface area (Å²) in [5.41, 5.74) is 0.954. The molecule has 1 heterocycles. The molecule has 2 rings (SSSR count). The predicted molar refractivity (Wildman–Crippen MR) is 74.8 cm³/mol. The van der Waals surface area contributed by atoms with Gasteiger partial charge in [0.25, 0.3) is 0 Å². The minimum absolute atomic E-state index is 0.208. The Kier molecular flexibility index (Phi) is 5.16. The number of nitrogens with zero attached hydrogens (tertiary/aromatic N) is 2. The van der Waals surface area contributed by atoms with Gasteiger partial charge in [0.05, 0.1) is 0 Å². The molecule has 3 nitrogen and oxygen atoms in total. The van der Waals surface area contributed by atoms with Crippen LogP contribution in [0.2, 0.25) is 5.02 Å². The van der Waals surface area contributed by atoms with Gasteiger partial charge in [0.1, 0.15) is 5.82 Å². The van der Waals surface area contributed by atoms with Gasteiger partial charge in [0.15, 0.2) is 0 Å². The highest BCUT2D eigenvalue weighted by atomic mass is 35.5. The molecule has 1 aliphatic rings. The minimum atomic E-state index is -0.301. The van der Waals surface area contributed by atoms with Gasteiger partial charge in [-0.1, -0.05) is 17.7 Å². The van der Waals surface area contributed by atoms with Gasteiger partial charge in [-0.05, 0) is 31.2 Å². The maximum absolute atomic E-state index is 13.0. The van der Waals surface area contributed by atoms with Gasteiger partial charge >= 0.3 is 0 Å². The van der Waals surface area contributed by atoms with E-state index < -0.39 is 0 Å². The van der Waals surface area contributed by atoms with Crippen molar-refractivity contribution in [3.05, 3.63) is 34.6 Å². The van der Waals surface area contributed by atoms with Gasteiger partial charge in [-0.25, -0.2) is 4.39 Å². The average Bonchev–Trinajstić information content (AvgIpc) is 2.37. The first-order valence-corrected chi connectivity index (χ1v) is 6.95. The summed E-state index contributed by atoms with van der Waals surface area (Å²) >= 11 is 6.06. The molecule has 0 saturated carbocycles. The van der Waals surface area contributed by atoms with Crippen molar-refractivity contribution < 1.29 is 9.50 Å². The first-order valence-electron chi connectivity index (χ1n) is 6.57. The molecular formula is C14H20ClFN2O. The summed E-state index contributed by atoms with van der Waals surface area (Å²) in [6, 6.07) is 4.93. The molecule has 0 aromatic heterocycles. The normalized spacial score (nSPS) is 21.8. The van der Waals surface area contributed by atoms with E-state index in [9.17, 15) is 4.39 Å². The van der Waals surface area contributed by atoms with Crippen molar-refractivity contribution in [2.45, 2.75) is 19.0 Å². The molecule has 106 valence electrons.